The Morgan fingerprint density at radius 1 is 1.11 bits per heavy atom. The van der Waals surface area contributed by atoms with Crippen LogP contribution in [-0.4, -0.2) is 18.9 Å². The van der Waals surface area contributed by atoms with Crippen LogP contribution in [0.15, 0.2) is 23.3 Å². The molecule has 0 aromatic carbocycles. The van der Waals surface area contributed by atoms with Crippen LogP contribution in [0.25, 0.3) is 0 Å². The first-order valence-electron chi connectivity index (χ1n) is 10.7. The van der Waals surface area contributed by atoms with Gasteiger partial charge >= 0.3 is 0 Å². The summed E-state index contributed by atoms with van der Waals surface area (Å²) in [6, 6.07) is 0. The highest BCUT2D eigenvalue weighted by Gasteiger charge is 2.60. The average Bonchev–Trinajstić information content (AvgIpc) is 3.02. The van der Waals surface area contributed by atoms with Crippen molar-refractivity contribution in [2.75, 3.05) is 0 Å². The van der Waals surface area contributed by atoms with E-state index in [4.69, 9.17) is 0 Å². The van der Waals surface area contributed by atoms with Gasteiger partial charge in [0.25, 0.3) is 0 Å². The number of rotatable bonds is 4. The standard InChI is InChI=1S/C24H32O3/c1-15(12-25)20-6-7-21-19-5-4-18-10-16(13-26)8-9-23(18,2)22(19)17(14-27)11-24(20,21)3/h6,10,12-17,19,21-22H,4-5,7-9,11H2,1-3H3/t15?,16?,17?,19-,21-,22-,23-,24+/m0/s1. The molecule has 3 unspecified atom stereocenters. The van der Waals surface area contributed by atoms with Crippen LogP contribution in [0.2, 0.25) is 0 Å². The number of fused-ring (bicyclic) bond motifs is 5. The lowest BCUT2D eigenvalue weighted by Crippen LogP contribution is -2.54. The van der Waals surface area contributed by atoms with E-state index in [-0.39, 0.29) is 28.6 Å². The molecule has 2 saturated carbocycles. The lowest BCUT2D eigenvalue weighted by molar-refractivity contribution is -0.127. The Morgan fingerprint density at radius 2 is 1.89 bits per heavy atom. The summed E-state index contributed by atoms with van der Waals surface area (Å²) in [5.41, 5.74) is 2.72. The minimum atomic E-state index is -0.0542. The Bertz CT molecular complexity index is 719. The third-order valence-electron chi connectivity index (χ3n) is 8.84. The molecular weight excluding hydrogens is 336 g/mol. The van der Waals surface area contributed by atoms with Crippen LogP contribution >= 0.6 is 0 Å². The van der Waals surface area contributed by atoms with Crippen molar-refractivity contribution in [1.82, 2.24) is 0 Å². The Hall–Kier alpha value is -1.51. The van der Waals surface area contributed by atoms with Gasteiger partial charge in [-0.25, -0.2) is 0 Å². The molecule has 3 nitrogen and oxygen atoms in total. The number of allylic oxidation sites excluding steroid dienone is 4. The maximum absolute atomic E-state index is 12.3. The van der Waals surface area contributed by atoms with Crippen molar-refractivity contribution in [1.29, 1.82) is 0 Å². The second kappa shape index (κ2) is 6.53. The zero-order valence-corrected chi connectivity index (χ0v) is 16.8. The lowest BCUT2D eigenvalue weighted by atomic mass is 9.43. The SMILES string of the molecule is CC(C=O)C1=CC[C@H]2[C@@H]3CCC4=CC(C=O)CC[C@]4(C)[C@H]3C(C=O)C[C@]12C. The molecule has 4 aliphatic rings. The molecule has 8 atom stereocenters. The average molecular weight is 369 g/mol. The second-order valence-electron chi connectivity index (χ2n) is 10.0. The monoisotopic (exact) mass is 368 g/mol. The molecule has 2 fully saturated rings. The minimum absolute atomic E-state index is 0.0232. The molecule has 3 heteroatoms. The molecule has 0 radical (unpaired) electrons. The van der Waals surface area contributed by atoms with Crippen LogP contribution in [0.5, 0.6) is 0 Å². The number of hydrogen-bond donors (Lipinski definition) is 0. The van der Waals surface area contributed by atoms with Crippen LogP contribution in [0.4, 0.5) is 0 Å². The fourth-order valence-electron chi connectivity index (χ4n) is 7.64. The van der Waals surface area contributed by atoms with Gasteiger partial charge in [-0.2, -0.15) is 0 Å². The smallest absolute Gasteiger partial charge is 0.126 e. The van der Waals surface area contributed by atoms with Crippen LogP contribution < -0.4 is 0 Å². The van der Waals surface area contributed by atoms with Crippen molar-refractivity contribution < 1.29 is 14.4 Å². The van der Waals surface area contributed by atoms with Gasteiger partial charge in [0.1, 0.15) is 18.9 Å². The second-order valence-corrected chi connectivity index (χ2v) is 10.0. The Kier molecular flexibility index (Phi) is 4.56. The van der Waals surface area contributed by atoms with Crippen molar-refractivity contribution >= 4 is 18.9 Å². The van der Waals surface area contributed by atoms with Gasteiger partial charge < -0.3 is 14.4 Å². The molecular formula is C24H32O3. The molecule has 27 heavy (non-hydrogen) atoms. The van der Waals surface area contributed by atoms with Gasteiger partial charge in [-0.3, -0.25) is 0 Å². The Morgan fingerprint density at radius 3 is 2.56 bits per heavy atom. The van der Waals surface area contributed by atoms with Crippen molar-refractivity contribution in [3.63, 3.8) is 0 Å². The summed E-state index contributed by atoms with van der Waals surface area (Å²) in [6.07, 6.45) is 13.9. The predicted molar refractivity (Wildman–Crippen MR) is 105 cm³/mol. The largest absolute Gasteiger partial charge is 0.303 e. The number of carbonyl (C=O) groups excluding carboxylic acids is 3. The zero-order chi connectivity index (χ0) is 19.4. The first kappa shape index (κ1) is 18.8. The summed E-state index contributed by atoms with van der Waals surface area (Å²) in [7, 11) is 0. The van der Waals surface area contributed by atoms with Crippen LogP contribution in [-0.2, 0) is 14.4 Å². The molecule has 146 valence electrons. The highest BCUT2D eigenvalue weighted by atomic mass is 16.1. The van der Waals surface area contributed by atoms with Gasteiger partial charge in [-0.05, 0) is 67.1 Å². The molecule has 0 aromatic heterocycles. The number of hydrogen-bond acceptors (Lipinski definition) is 3. The normalized spacial score (nSPS) is 46.9. The molecule has 0 saturated heterocycles. The van der Waals surface area contributed by atoms with Gasteiger partial charge in [0.15, 0.2) is 0 Å². The lowest BCUT2D eigenvalue weighted by Gasteiger charge is -2.60. The first-order valence-corrected chi connectivity index (χ1v) is 10.7. The molecule has 0 amide bonds. The summed E-state index contributed by atoms with van der Waals surface area (Å²) >= 11 is 0. The topological polar surface area (TPSA) is 51.2 Å². The van der Waals surface area contributed by atoms with E-state index in [1.165, 1.54) is 17.4 Å². The van der Waals surface area contributed by atoms with Crippen molar-refractivity contribution in [2.45, 2.75) is 59.3 Å². The fourth-order valence-corrected chi connectivity index (χ4v) is 7.64. The molecule has 4 aliphatic carbocycles. The summed E-state index contributed by atoms with van der Waals surface area (Å²) in [5.74, 6) is 1.49. The molecule has 0 spiro atoms. The quantitative estimate of drug-likeness (QED) is 0.540. The van der Waals surface area contributed by atoms with Crippen LogP contribution in [0.3, 0.4) is 0 Å². The van der Waals surface area contributed by atoms with E-state index in [1.807, 2.05) is 6.92 Å². The van der Waals surface area contributed by atoms with Crippen molar-refractivity contribution in [3.8, 4) is 0 Å². The molecule has 0 N–H and O–H groups in total. The van der Waals surface area contributed by atoms with Crippen LogP contribution in [0, 0.1) is 46.3 Å². The van der Waals surface area contributed by atoms with Crippen molar-refractivity contribution in [2.24, 2.45) is 46.3 Å². The van der Waals surface area contributed by atoms with E-state index < -0.39 is 0 Å². The van der Waals surface area contributed by atoms with E-state index >= 15 is 0 Å². The number of aldehydes is 3. The third-order valence-corrected chi connectivity index (χ3v) is 8.84. The highest BCUT2D eigenvalue weighted by molar-refractivity contribution is 5.62. The molecule has 4 rings (SSSR count). The van der Waals surface area contributed by atoms with Crippen molar-refractivity contribution in [3.05, 3.63) is 23.3 Å². The van der Waals surface area contributed by atoms with Gasteiger partial charge in [0.05, 0.1) is 0 Å². The number of carbonyl (C=O) groups is 3. The predicted octanol–water partition coefficient (Wildman–Crippen LogP) is 4.56. The zero-order valence-electron chi connectivity index (χ0n) is 16.8. The maximum atomic E-state index is 12.3. The van der Waals surface area contributed by atoms with E-state index in [0.717, 1.165) is 51.1 Å². The summed E-state index contributed by atoms with van der Waals surface area (Å²) in [6.45, 7) is 6.66. The van der Waals surface area contributed by atoms with Gasteiger partial charge in [-0.1, -0.05) is 44.1 Å². The third kappa shape index (κ3) is 2.57. The van der Waals surface area contributed by atoms with Crippen LogP contribution in [0.1, 0.15) is 59.3 Å². The van der Waals surface area contributed by atoms with E-state index in [2.05, 4.69) is 26.0 Å². The van der Waals surface area contributed by atoms with Gasteiger partial charge in [-0.15, -0.1) is 0 Å². The summed E-state index contributed by atoms with van der Waals surface area (Å²) in [5, 5.41) is 0. The molecule has 0 bridgehead atoms. The van der Waals surface area contributed by atoms with Gasteiger partial charge in [0.2, 0.25) is 0 Å². The minimum Gasteiger partial charge on any atom is -0.303 e. The van der Waals surface area contributed by atoms with E-state index in [0.29, 0.717) is 17.8 Å². The molecule has 0 aliphatic heterocycles. The van der Waals surface area contributed by atoms with E-state index in [1.54, 1.807) is 0 Å². The van der Waals surface area contributed by atoms with E-state index in [9.17, 15) is 14.4 Å². The summed E-state index contributed by atoms with van der Waals surface area (Å²) < 4.78 is 0. The first-order chi connectivity index (χ1) is 12.9. The maximum Gasteiger partial charge on any atom is 0.126 e. The molecule has 0 aromatic rings. The van der Waals surface area contributed by atoms with Gasteiger partial charge in [0, 0.05) is 17.8 Å². The Labute approximate surface area is 162 Å². The fraction of sp³-hybridized carbons (Fsp3) is 0.708. The Balaban J connectivity index is 1.73. The molecule has 0 heterocycles. The summed E-state index contributed by atoms with van der Waals surface area (Å²) in [4.78, 5) is 35.1. The highest BCUT2D eigenvalue weighted by Crippen LogP contribution is 2.67.